The second kappa shape index (κ2) is 9.88. The molecule has 1 saturated heterocycles. The van der Waals surface area contributed by atoms with E-state index in [1.54, 1.807) is 7.11 Å². The summed E-state index contributed by atoms with van der Waals surface area (Å²) in [5.41, 5.74) is 6.96. The lowest BCUT2D eigenvalue weighted by molar-refractivity contribution is -0.124. The fraction of sp³-hybridized carbons (Fsp3) is 0.588. The molecule has 1 fully saturated rings. The standard InChI is InChI=1S/C17H27N3O2.ClH/c1-13(14-6-4-3-5-7-14)19-17(21)12-20-9-8-16(22-2)10-15(20)11-18;/h3-7,13,15-16H,8-12,18H2,1-2H3,(H,19,21);1H. The third-order valence-corrected chi connectivity index (χ3v) is 4.42. The molecule has 5 nitrogen and oxygen atoms in total. The quantitative estimate of drug-likeness (QED) is 0.826. The smallest absolute Gasteiger partial charge is 0.234 e. The van der Waals surface area contributed by atoms with Crippen LogP contribution in [-0.2, 0) is 9.53 Å². The molecule has 1 aliphatic heterocycles. The summed E-state index contributed by atoms with van der Waals surface area (Å²) >= 11 is 0. The number of hydrogen-bond acceptors (Lipinski definition) is 4. The molecule has 130 valence electrons. The number of halogens is 1. The van der Waals surface area contributed by atoms with E-state index >= 15 is 0 Å². The summed E-state index contributed by atoms with van der Waals surface area (Å²) in [6, 6.07) is 10.2. The van der Waals surface area contributed by atoms with Gasteiger partial charge in [-0.15, -0.1) is 12.4 Å². The van der Waals surface area contributed by atoms with Gasteiger partial charge in [-0.2, -0.15) is 0 Å². The number of hydrogen-bond donors (Lipinski definition) is 2. The van der Waals surface area contributed by atoms with Gasteiger partial charge in [-0.05, 0) is 25.3 Å². The van der Waals surface area contributed by atoms with E-state index < -0.39 is 0 Å². The number of piperidine rings is 1. The highest BCUT2D eigenvalue weighted by molar-refractivity contribution is 5.85. The molecule has 0 radical (unpaired) electrons. The molecule has 23 heavy (non-hydrogen) atoms. The summed E-state index contributed by atoms with van der Waals surface area (Å²) in [6.07, 6.45) is 2.11. The van der Waals surface area contributed by atoms with E-state index in [-0.39, 0.29) is 36.5 Å². The first-order valence-electron chi connectivity index (χ1n) is 7.95. The first-order valence-corrected chi connectivity index (χ1v) is 7.95. The molecule has 2 rings (SSSR count). The molecule has 1 amide bonds. The molecule has 0 saturated carbocycles. The van der Waals surface area contributed by atoms with Crippen molar-refractivity contribution in [3.63, 3.8) is 0 Å². The van der Waals surface area contributed by atoms with Crippen molar-refractivity contribution in [2.45, 2.75) is 38.0 Å². The van der Waals surface area contributed by atoms with E-state index in [1.165, 1.54) is 0 Å². The normalized spacial score (nSPS) is 22.9. The van der Waals surface area contributed by atoms with Crippen molar-refractivity contribution in [3.8, 4) is 0 Å². The largest absolute Gasteiger partial charge is 0.381 e. The molecule has 6 heteroatoms. The molecular formula is C17H28ClN3O2. The van der Waals surface area contributed by atoms with Gasteiger partial charge in [0.25, 0.3) is 0 Å². The lowest BCUT2D eigenvalue weighted by Gasteiger charge is -2.38. The highest BCUT2D eigenvalue weighted by atomic mass is 35.5. The second-order valence-electron chi connectivity index (χ2n) is 5.94. The average Bonchev–Trinajstić information content (AvgIpc) is 2.55. The van der Waals surface area contributed by atoms with E-state index in [0.29, 0.717) is 13.1 Å². The minimum atomic E-state index is 0. The number of nitrogens with two attached hydrogens (primary N) is 1. The first kappa shape index (κ1) is 19.9. The number of nitrogens with zero attached hydrogens (tertiary/aromatic N) is 1. The van der Waals surface area contributed by atoms with Crippen LogP contribution in [0, 0.1) is 0 Å². The van der Waals surface area contributed by atoms with Gasteiger partial charge in [-0.3, -0.25) is 9.69 Å². The van der Waals surface area contributed by atoms with Crippen molar-refractivity contribution in [2.24, 2.45) is 5.73 Å². The average molecular weight is 342 g/mol. The Hall–Kier alpha value is -1.14. The molecule has 3 N–H and O–H groups in total. The van der Waals surface area contributed by atoms with E-state index in [4.69, 9.17) is 10.5 Å². The zero-order valence-corrected chi connectivity index (χ0v) is 14.7. The zero-order chi connectivity index (χ0) is 15.9. The Bertz CT molecular complexity index is 472. The van der Waals surface area contributed by atoms with Crippen LogP contribution in [0.4, 0.5) is 0 Å². The second-order valence-corrected chi connectivity index (χ2v) is 5.94. The topological polar surface area (TPSA) is 67.6 Å². The summed E-state index contributed by atoms with van der Waals surface area (Å²) in [6.45, 7) is 3.81. The van der Waals surface area contributed by atoms with Crippen LogP contribution in [-0.4, -0.2) is 49.7 Å². The maximum atomic E-state index is 12.3. The summed E-state index contributed by atoms with van der Waals surface area (Å²) in [7, 11) is 1.74. The Morgan fingerprint density at radius 3 is 2.74 bits per heavy atom. The van der Waals surface area contributed by atoms with Crippen LogP contribution >= 0.6 is 12.4 Å². The van der Waals surface area contributed by atoms with Crippen LogP contribution < -0.4 is 11.1 Å². The molecule has 1 aliphatic rings. The lowest BCUT2D eigenvalue weighted by atomic mass is 9.99. The van der Waals surface area contributed by atoms with E-state index in [1.807, 2.05) is 37.3 Å². The summed E-state index contributed by atoms with van der Waals surface area (Å²) < 4.78 is 5.42. The maximum Gasteiger partial charge on any atom is 0.234 e. The van der Waals surface area contributed by atoms with E-state index in [2.05, 4.69) is 10.2 Å². The zero-order valence-electron chi connectivity index (χ0n) is 13.9. The Kier molecular flexibility index (Phi) is 8.55. The molecule has 0 bridgehead atoms. The van der Waals surface area contributed by atoms with Gasteiger partial charge >= 0.3 is 0 Å². The predicted molar refractivity (Wildman–Crippen MR) is 94.7 cm³/mol. The van der Waals surface area contributed by atoms with Gasteiger partial charge in [-0.1, -0.05) is 30.3 Å². The van der Waals surface area contributed by atoms with Crippen molar-refractivity contribution >= 4 is 18.3 Å². The molecule has 1 heterocycles. The third-order valence-electron chi connectivity index (χ3n) is 4.42. The highest BCUT2D eigenvalue weighted by Gasteiger charge is 2.28. The minimum Gasteiger partial charge on any atom is -0.381 e. The van der Waals surface area contributed by atoms with Gasteiger partial charge in [0.2, 0.25) is 5.91 Å². The maximum absolute atomic E-state index is 12.3. The van der Waals surface area contributed by atoms with Gasteiger partial charge in [0.1, 0.15) is 0 Å². The van der Waals surface area contributed by atoms with Crippen molar-refractivity contribution in [3.05, 3.63) is 35.9 Å². The highest BCUT2D eigenvalue weighted by Crippen LogP contribution is 2.19. The predicted octanol–water partition coefficient (Wildman–Crippen LogP) is 1.72. The van der Waals surface area contributed by atoms with Crippen molar-refractivity contribution < 1.29 is 9.53 Å². The molecular weight excluding hydrogens is 314 g/mol. The van der Waals surface area contributed by atoms with Gasteiger partial charge in [-0.25, -0.2) is 0 Å². The number of nitrogens with one attached hydrogen (secondary N) is 1. The number of carbonyl (C=O) groups excluding carboxylic acids is 1. The number of benzene rings is 1. The van der Waals surface area contributed by atoms with Crippen molar-refractivity contribution in [1.82, 2.24) is 10.2 Å². The Labute approximate surface area is 145 Å². The molecule has 1 aromatic carbocycles. The van der Waals surface area contributed by atoms with Crippen LogP contribution in [0.1, 0.15) is 31.4 Å². The summed E-state index contributed by atoms with van der Waals surface area (Å²) in [5, 5.41) is 3.06. The van der Waals surface area contributed by atoms with E-state index in [0.717, 1.165) is 24.9 Å². The number of likely N-dealkylation sites (tertiary alicyclic amines) is 1. The van der Waals surface area contributed by atoms with Crippen molar-refractivity contribution in [2.75, 3.05) is 26.7 Å². The van der Waals surface area contributed by atoms with Crippen molar-refractivity contribution in [1.29, 1.82) is 0 Å². The van der Waals surface area contributed by atoms with Gasteiger partial charge in [0, 0.05) is 26.2 Å². The molecule has 0 spiro atoms. The Morgan fingerprint density at radius 2 is 2.13 bits per heavy atom. The monoisotopic (exact) mass is 341 g/mol. The SMILES string of the molecule is COC1CCN(CC(=O)NC(C)c2ccccc2)C(CN)C1.Cl. The summed E-state index contributed by atoms with van der Waals surface area (Å²) in [5.74, 6) is 0.0469. The molecule has 0 aliphatic carbocycles. The molecule has 1 aromatic rings. The van der Waals surface area contributed by atoms with Gasteiger partial charge in [0.15, 0.2) is 0 Å². The number of ether oxygens (including phenoxy) is 1. The number of amides is 1. The van der Waals surface area contributed by atoms with Crippen LogP contribution in [0.25, 0.3) is 0 Å². The Balaban J connectivity index is 0.00000264. The van der Waals surface area contributed by atoms with Crippen LogP contribution in [0.3, 0.4) is 0 Å². The fourth-order valence-corrected chi connectivity index (χ4v) is 3.03. The fourth-order valence-electron chi connectivity index (χ4n) is 3.03. The third kappa shape index (κ3) is 5.77. The van der Waals surface area contributed by atoms with Crippen LogP contribution in [0.5, 0.6) is 0 Å². The molecule has 3 atom stereocenters. The van der Waals surface area contributed by atoms with E-state index in [9.17, 15) is 4.79 Å². The number of rotatable bonds is 6. The number of methoxy groups -OCH3 is 1. The van der Waals surface area contributed by atoms with Gasteiger partial charge < -0.3 is 15.8 Å². The Morgan fingerprint density at radius 1 is 1.43 bits per heavy atom. The summed E-state index contributed by atoms with van der Waals surface area (Å²) in [4.78, 5) is 14.5. The van der Waals surface area contributed by atoms with Crippen LogP contribution in [0.15, 0.2) is 30.3 Å². The van der Waals surface area contributed by atoms with Gasteiger partial charge in [0.05, 0.1) is 18.7 Å². The first-order chi connectivity index (χ1) is 10.6. The minimum absolute atomic E-state index is 0. The number of carbonyl (C=O) groups is 1. The van der Waals surface area contributed by atoms with Crippen LogP contribution in [0.2, 0.25) is 0 Å². The molecule has 0 aromatic heterocycles. The lowest BCUT2D eigenvalue weighted by Crippen LogP contribution is -2.51. The molecule has 3 unspecified atom stereocenters.